The lowest BCUT2D eigenvalue weighted by atomic mass is 9.97. The van der Waals surface area contributed by atoms with Gasteiger partial charge in [0.05, 0.1) is 65.0 Å². The molecule has 1 saturated heterocycles. The third-order valence-electron chi connectivity index (χ3n) is 7.29. The molecule has 0 radical (unpaired) electrons. The van der Waals surface area contributed by atoms with Gasteiger partial charge < -0.3 is 80.3 Å². The molecule has 1 rings (SSSR count). The average Bonchev–Trinajstić information content (AvgIpc) is 3.07. The second-order valence-corrected chi connectivity index (χ2v) is 11.1. The number of carbonyl (C=O) groups excluding carboxylic acids is 3. The van der Waals surface area contributed by atoms with Crippen molar-refractivity contribution in [1.29, 1.82) is 0 Å². The van der Waals surface area contributed by atoms with Gasteiger partial charge in [-0.15, -0.1) is 0 Å². The Kier molecular flexibility index (Phi) is 23.6. The van der Waals surface area contributed by atoms with Gasteiger partial charge in [-0.3, -0.25) is 19.7 Å². The third-order valence-corrected chi connectivity index (χ3v) is 7.29. The summed E-state index contributed by atoms with van der Waals surface area (Å²) in [6, 6.07) is -1.68. The van der Waals surface area contributed by atoms with Gasteiger partial charge in [-0.25, -0.2) is 0 Å². The molecule has 1 aliphatic rings. The first kappa shape index (κ1) is 44.9. The lowest BCUT2D eigenvalue weighted by Gasteiger charge is -2.42. The van der Waals surface area contributed by atoms with E-state index in [1.807, 2.05) is 0 Å². The van der Waals surface area contributed by atoms with E-state index in [-0.39, 0.29) is 77.4 Å². The minimum atomic E-state index is -1.42. The van der Waals surface area contributed by atoms with Crippen LogP contribution >= 0.6 is 0 Å². The summed E-state index contributed by atoms with van der Waals surface area (Å²) in [7, 11) is 3.09. The van der Waals surface area contributed by atoms with Crippen molar-refractivity contribution in [3.63, 3.8) is 0 Å². The van der Waals surface area contributed by atoms with Gasteiger partial charge in [0.25, 0.3) is 0 Å². The van der Waals surface area contributed by atoms with Gasteiger partial charge in [0.1, 0.15) is 30.5 Å². The Hall–Kier alpha value is -2.15. The molecule has 0 aromatic rings. The quantitative estimate of drug-likeness (QED) is 0.0279. The summed E-state index contributed by atoms with van der Waals surface area (Å²) in [4.78, 5) is 36.2. The van der Waals surface area contributed by atoms with Crippen molar-refractivity contribution in [3.05, 3.63) is 0 Å². The van der Waals surface area contributed by atoms with Crippen LogP contribution in [0.1, 0.15) is 26.7 Å². The highest BCUT2D eigenvalue weighted by Gasteiger charge is 2.45. The molecule has 10 atom stereocenters. The van der Waals surface area contributed by atoms with Gasteiger partial charge in [0, 0.05) is 26.4 Å². The van der Waals surface area contributed by atoms with Crippen molar-refractivity contribution in [2.45, 2.75) is 88.1 Å². The molecule has 0 saturated carbocycles. The van der Waals surface area contributed by atoms with Gasteiger partial charge in [-0.1, -0.05) is 0 Å². The fraction of sp³-hybridized carbons (Fsp3) is 0.897. The Morgan fingerprint density at radius 3 is 2.10 bits per heavy atom. The molecule has 1 heterocycles. The standard InChI is InChI=1S/C29H57N5O15/c1-17(37)20(15-35)48-29(27(43)31-4)47-14-12-44-9-7-32-22(39)6-5-19(30-3)26(42)33-8-10-45-11-13-46-28-23(34-18(2)38)25(41)24(40)21(16-36)49-28/h17,19-21,23-25,27-31,35-37,40-41,43H,5-16H2,1-4H3,(H,32,39)(H,33,42)(H,34,38). The molecule has 49 heavy (non-hydrogen) atoms. The van der Waals surface area contributed by atoms with Crippen molar-refractivity contribution in [3.8, 4) is 0 Å². The molecule has 20 nitrogen and oxygen atoms in total. The Labute approximate surface area is 286 Å². The normalized spacial score (nSPS) is 24.0. The van der Waals surface area contributed by atoms with Crippen molar-refractivity contribution in [2.24, 2.45) is 0 Å². The molecule has 0 spiro atoms. The molecule has 1 fully saturated rings. The molecular weight excluding hydrogens is 658 g/mol. The van der Waals surface area contributed by atoms with Crippen LogP contribution in [0.15, 0.2) is 0 Å². The molecule has 10 unspecified atom stereocenters. The van der Waals surface area contributed by atoms with E-state index < -0.39 is 80.5 Å². The van der Waals surface area contributed by atoms with Gasteiger partial charge in [-0.2, -0.15) is 0 Å². The summed E-state index contributed by atoms with van der Waals surface area (Å²) in [5.74, 6) is -1.06. The minimum Gasteiger partial charge on any atom is -0.394 e. The third kappa shape index (κ3) is 17.6. The molecule has 0 aliphatic carbocycles. The van der Waals surface area contributed by atoms with E-state index in [0.717, 1.165) is 0 Å². The smallest absolute Gasteiger partial charge is 0.237 e. The zero-order valence-corrected chi connectivity index (χ0v) is 28.6. The van der Waals surface area contributed by atoms with Crippen molar-refractivity contribution < 1.29 is 73.4 Å². The van der Waals surface area contributed by atoms with Crippen LogP contribution in [0.3, 0.4) is 0 Å². The summed E-state index contributed by atoms with van der Waals surface area (Å²) in [6.07, 6.45) is -9.04. The fourth-order valence-corrected chi connectivity index (χ4v) is 4.49. The van der Waals surface area contributed by atoms with E-state index in [1.165, 1.54) is 20.9 Å². The number of likely N-dealkylation sites (N-methyl/N-ethyl adjacent to an activating group) is 2. The Morgan fingerprint density at radius 1 is 0.878 bits per heavy atom. The number of rotatable bonds is 27. The van der Waals surface area contributed by atoms with Crippen LogP contribution in [0.25, 0.3) is 0 Å². The predicted octanol–water partition coefficient (Wildman–Crippen LogP) is -5.78. The molecular formula is C29H57N5O15. The van der Waals surface area contributed by atoms with E-state index in [2.05, 4.69) is 26.6 Å². The second kappa shape index (κ2) is 25.7. The van der Waals surface area contributed by atoms with Crippen LogP contribution < -0.4 is 26.6 Å². The molecule has 1 aliphatic heterocycles. The predicted molar refractivity (Wildman–Crippen MR) is 170 cm³/mol. The van der Waals surface area contributed by atoms with E-state index in [0.29, 0.717) is 0 Å². The van der Waals surface area contributed by atoms with Crippen LogP contribution in [-0.4, -0.2) is 190 Å². The molecule has 0 bridgehead atoms. The van der Waals surface area contributed by atoms with Gasteiger partial charge in [-0.05, 0) is 27.4 Å². The maximum Gasteiger partial charge on any atom is 0.237 e. The van der Waals surface area contributed by atoms with Crippen LogP contribution in [0, 0.1) is 0 Å². The van der Waals surface area contributed by atoms with Gasteiger partial charge >= 0.3 is 0 Å². The number of amides is 3. The van der Waals surface area contributed by atoms with Crippen LogP contribution in [0.4, 0.5) is 0 Å². The minimum absolute atomic E-state index is 0.00437. The highest BCUT2D eigenvalue weighted by Crippen LogP contribution is 2.22. The number of aliphatic hydroxyl groups excluding tert-OH is 6. The summed E-state index contributed by atoms with van der Waals surface area (Å²) < 4.78 is 32.7. The maximum atomic E-state index is 12.5. The molecule has 0 aromatic carbocycles. The number of hydrogen-bond donors (Lipinski definition) is 11. The monoisotopic (exact) mass is 715 g/mol. The van der Waals surface area contributed by atoms with Crippen molar-refractivity contribution in [2.75, 3.05) is 80.0 Å². The van der Waals surface area contributed by atoms with E-state index in [4.69, 9.17) is 28.4 Å². The second-order valence-electron chi connectivity index (χ2n) is 11.1. The Balaban J connectivity index is 2.22. The van der Waals surface area contributed by atoms with Crippen LogP contribution in [0.2, 0.25) is 0 Å². The number of ether oxygens (including phenoxy) is 6. The van der Waals surface area contributed by atoms with Crippen molar-refractivity contribution >= 4 is 17.7 Å². The molecule has 288 valence electrons. The van der Waals surface area contributed by atoms with E-state index >= 15 is 0 Å². The summed E-state index contributed by atoms with van der Waals surface area (Å²) in [6.45, 7) is 2.61. The van der Waals surface area contributed by atoms with Crippen LogP contribution in [0.5, 0.6) is 0 Å². The lowest BCUT2D eigenvalue weighted by molar-refractivity contribution is -0.272. The first-order valence-corrected chi connectivity index (χ1v) is 16.2. The Bertz CT molecular complexity index is 923. The van der Waals surface area contributed by atoms with E-state index in [1.54, 1.807) is 7.05 Å². The zero-order valence-electron chi connectivity index (χ0n) is 28.6. The number of hydrogen-bond acceptors (Lipinski definition) is 17. The fourth-order valence-electron chi connectivity index (χ4n) is 4.49. The first-order valence-electron chi connectivity index (χ1n) is 16.2. The lowest BCUT2D eigenvalue weighted by Crippen LogP contribution is -2.64. The average molecular weight is 716 g/mol. The maximum absolute atomic E-state index is 12.5. The molecule has 0 aromatic heterocycles. The van der Waals surface area contributed by atoms with Crippen LogP contribution in [-0.2, 0) is 42.8 Å². The highest BCUT2D eigenvalue weighted by atomic mass is 16.7. The van der Waals surface area contributed by atoms with Gasteiger partial charge in [0.15, 0.2) is 18.8 Å². The molecule has 11 N–H and O–H groups in total. The molecule has 3 amide bonds. The van der Waals surface area contributed by atoms with E-state index in [9.17, 15) is 45.0 Å². The molecule has 20 heteroatoms. The topological polar surface area (TPSA) is 288 Å². The highest BCUT2D eigenvalue weighted by molar-refractivity contribution is 5.83. The SMILES string of the molecule is CNC(CCC(=O)NCCOCCOC(OC(CO)C(C)O)C(O)NC)C(=O)NCCOCCOC1OC(CO)C(O)C(O)C1NC(C)=O. The number of aliphatic hydroxyl groups is 6. The number of nitrogens with one attached hydrogen (secondary N) is 5. The summed E-state index contributed by atoms with van der Waals surface area (Å²) in [5, 5.41) is 71.9. The van der Waals surface area contributed by atoms with Crippen molar-refractivity contribution in [1.82, 2.24) is 26.6 Å². The summed E-state index contributed by atoms with van der Waals surface area (Å²) >= 11 is 0. The zero-order chi connectivity index (χ0) is 36.8. The summed E-state index contributed by atoms with van der Waals surface area (Å²) in [5.41, 5.74) is 0. The largest absolute Gasteiger partial charge is 0.394 e. The Morgan fingerprint density at radius 2 is 1.53 bits per heavy atom. The number of carbonyl (C=O) groups is 3. The first-order chi connectivity index (χ1) is 23.4. The van der Waals surface area contributed by atoms with Gasteiger partial charge in [0.2, 0.25) is 17.7 Å².